The molecule has 0 saturated heterocycles. The third-order valence-corrected chi connectivity index (χ3v) is 7.77. The Labute approximate surface area is 236 Å². The van der Waals surface area contributed by atoms with Crippen molar-refractivity contribution in [3.8, 4) is 11.5 Å². The molecule has 1 aliphatic carbocycles. The minimum atomic E-state index is -0.723. The number of carbonyl (C=O) groups is 2. The molecule has 0 spiro atoms. The van der Waals surface area contributed by atoms with E-state index in [2.05, 4.69) is 38.1 Å². The van der Waals surface area contributed by atoms with E-state index in [9.17, 15) is 9.59 Å². The van der Waals surface area contributed by atoms with E-state index in [1.165, 1.54) is 0 Å². The van der Waals surface area contributed by atoms with Crippen molar-refractivity contribution in [2.24, 2.45) is 5.92 Å². The van der Waals surface area contributed by atoms with Crippen LogP contribution in [0.15, 0.2) is 88.8 Å². The van der Waals surface area contributed by atoms with Crippen molar-refractivity contribution in [3.63, 3.8) is 0 Å². The lowest BCUT2D eigenvalue weighted by Gasteiger charge is -2.38. The molecule has 8 heteroatoms. The van der Waals surface area contributed by atoms with Crippen molar-refractivity contribution >= 4 is 33.4 Å². The number of amides is 1. The summed E-state index contributed by atoms with van der Waals surface area (Å²) in [6.45, 7) is 6.40. The standard InChI is InChI=1S/C31H30BrN3O4/c1-18-11-14-27(33-16-18)35-31(37)28-19(2)34-23-8-6-9-24(36)30(23)29(28)20-12-13-25(38-3)21(15-20)17-39-26-10-5-4-7-22(26)32/h4-5,7,10-16,28-29,34H,2,6,8-9,17H2,1,3H3,(H,33,35,37). The SMILES string of the molecule is C=C1NC2=C(C(=O)CCC2)C(c2ccc(OC)c(COc3ccccc3Br)c2)C1C(=O)Nc1ccc(C)cn1. The van der Waals surface area contributed by atoms with Crippen molar-refractivity contribution in [2.45, 2.75) is 38.7 Å². The summed E-state index contributed by atoms with van der Waals surface area (Å²) in [6.07, 6.45) is 3.65. The second kappa shape index (κ2) is 11.5. The Kier molecular flexibility index (Phi) is 7.84. The molecule has 3 aromatic rings. The van der Waals surface area contributed by atoms with Gasteiger partial charge in [-0.2, -0.15) is 0 Å². The summed E-state index contributed by atoms with van der Waals surface area (Å²) in [4.78, 5) is 31.4. The number of aryl methyl sites for hydroxylation is 1. The van der Waals surface area contributed by atoms with Gasteiger partial charge in [-0.1, -0.05) is 30.8 Å². The maximum atomic E-state index is 13.7. The van der Waals surface area contributed by atoms with Gasteiger partial charge in [-0.05, 0) is 77.2 Å². The van der Waals surface area contributed by atoms with Crippen LogP contribution in [0.2, 0.25) is 0 Å². The Hall–Kier alpha value is -3.91. The molecule has 1 aliphatic heterocycles. The number of rotatable bonds is 7. The fourth-order valence-corrected chi connectivity index (χ4v) is 5.63. The molecule has 200 valence electrons. The summed E-state index contributed by atoms with van der Waals surface area (Å²) >= 11 is 3.52. The number of carbonyl (C=O) groups excluding carboxylic acids is 2. The first-order valence-electron chi connectivity index (χ1n) is 12.9. The van der Waals surface area contributed by atoms with Gasteiger partial charge in [0.2, 0.25) is 5.91 Å². The fourth-order valence-electron chi connectivity index (χ4n) is 5.23. The van der Waals surface area contributed by atoms with Gasteiger partial charge in [0, 0.05) is 41.1 Å². The van der Waals surface area contributed by atoms with E-state index in [0.29, 0.717) is 35.0 Å². The average Bonchev–Trinajstić information content (AvgIpc) is 2.93. The third kappa shape index (κ3) is 5.61. The van der Waals surface area contributed by atoms with Gasteiger partial charge in [0.25, 0.3) is 0 Å². The molecule has 1 amide bonds. The Bertz CT molecular complexity index is 1460. The van der Waals surface area contributed by atoms with E-state index >= 15 is 0 Å². The molecular formula is C31H30BrN3O4. The van der Waals surface area contributed by atoms with Crippen LogP contribution in [-0.4, -0.2) is 23.8 Å². The molecule has 7 nitrogen and oxygen atoms in total. The lowest BCUT2D eigenvalue weighted by molar-refractivity contribution is -0.120. The largest absolute Gasteiger partial charge is 0.496 e. The highest BCUT2D eigenvalue weighted by Crippen LogP contribution is 2.45. The molecular weight excluding hydrogens is 558 g/mol. The first-order chi connectivity index (χ1) is 18.9. The molecule has 2 aliphatic rings. The highest BCUT2D eigenvalue weighted by atomic mass is 79.9. The number of Topliss-reactive ketones (excluding diaryl/α,β-unsaturated/α-hetero) is 1. The summed E-state index contributed by atoms with van der Waals surface area (Å²) in [5, 5.41) is 6.22. The van der Waals surface area contributed by atoms with E-state index in [0.717, 1.165) is 39.7 Å². The second-order valence-electron chi connectivity index (χ2n) is 9.77. The Morgan fingerprint density at radius 1 is 1.15 bits per heavy atom. The van der Waals surface area contributed by atoms with Crippen LogP contribution in [0.5, 0.6) is 11.5 Å². The molecule has 0 fully saturated rings. The number of ketones is 1. The van der Waals surface area contributed by atoms with Crippen LogP contribution in [0, 0.1) is 12.8 Å². The summed E-state index contributed by atoms with van der Waals surface area (Å²) in [7, 11) is 1.61. The molecule has 0 bridgehead atoms. The Balaban J connectivity index is 1.54. The van der Waals surface area contributed by atoms with Gasteiger partial charge in [0.15, 0.2) is 5.78 Å². The zero-order valence-corrected chi connectivity index (χ0v) is 23.5. The number of methoxy groups -OCH3 is 1. The topological polar surface area (TPSA) is 89.5 Å². The third-order valence-electron chi connectivity index (χ3n) is 7.12. The fraction of sp³-hybridized carbons (Fsp3) is 0.258. The molecule has 1 aromatic heterocycles. The smallest absolute Gasteiger partial charge is 0.235 e. The van der Waals surface area contributed by atoms with Crippen molar-refractivity contribution < 1.29 is 19.1 Å². The van der Waals surface area contributed by atoms with Gasteiger partial charge in [-0.3, -0.25) is 9.59 Å². The lowest BCUT2D eigenvalue weighted by atomic mass is 9.71. The lowest BCUT2D eigenvalue weighted by Crippen LogP contribution is -2.42. The number of ether oxygens (including phenoxy) is 2. The van der Waals surface area contributed by atoms with Crippen LogP contribution >= 0.6 is 15.9 Å². The number of hydrogen-bond donors (Lipinski definition) is 2. The number of para-hydroxylation sites is 1. The van der Waals surface area contributed by atoms with Gasteiger partial charge in [0.1, 0.15) is 23.9 Å². The monoisotopic (exact) mass is 587 g/mol. The zero-order valence-electron chi connectivity index (χ0n) is 21.9. The number of hydrogen-bond acceptors (Lipinski definition) is 6. The van der Waals surface area contributed by atoms with E-state index in [-0.39, 0.29) is 18.3 Å². The summed E-state index contributed by atoms with van der Waals surface area (Å²) in [5.41, 5.74) is 4.67. The van der Waals surface area contributed by atoms with Gasteiger partial charge in [-0.25, -0.2) is 4.98 Å². The molecule has 2 N–H and O–H groups in total. The molecule has 0 saturated carbocycles. The van der Waals surface area contributed by atoms with E-state index < -0.39 is 11.8 Å². The second-order valence-corrected chi connectivity index (χ2v) is 10.6. The number of anilines is 1. The normalized spacial score (nSPS) is 18.7. The maximum absolute atomic E-state index is 13.7. The van der Waals surface area contributed by atoms with Crippen molar-refractivity contribution in [1.82, 2.24) is 10.3 Å². The summed E-state index contributed by atoms with van der Waals surface area (Å²) < 4.78 is 12.6. The quantitative estimate of drug-likeness (QED) is 0.342. The number of pyridine rings is 1. The van der Waals surface area contributed by atoms with E-state index in [4.69, 9.17) is 9.47 Å². The molecule has 2 heterocycles. The van der Waals surface area contributed by atoms with Crippen molar-refractivity contribution in [3.05, 3.63) is 106 Å². The summed E-state index contributed by atoms with van der Waals surface area (Å²) in [5.74, 6) is 0.349. The molecule has 5 rings (SSSR count). The predicted octanol–water partition coefficient (Wildman–Crippen LogP) is 6.20. The zero-order chi connectivity index (χ0) is 27.5. The number of nitrogens with one attached hydrogen (secondary N) is 2. The molecule has 2 aromatic carbocycles. The Morgan fingerprint density at radius 3 is 2.72 bits per heavy atom. The molecule has 39 heavy (non-hydrogen) atoms. The van der Waals surface area contributed by atoms with Crippen LogP contribution in [-0.2, 0) is 16.2 Å². The van der Waals surface area contributed by atoms with Crippen LogP contribution in [0.3, 0.4) is 0 Å². The number of nitrogens with zero attached hydrogens (tertiary/aromatic N) is 1. The van der Waals surface area contributed by atoms with Crippen molar-refractivity contribution in [1.29, 1.82) is 0 Å². The minimum Gasteiger partial charge on any atom is -0.496 e. The van der Waals surface area contributed by atoms with Gasteiger partial charge < -0.3 is 20.1 Å². The number of benzene rings is 2. The number of halogens is 1. The molecule has 2 unspecified atom stereocenters. The van der Waals surface area contributed by atoms with Crippen LogP contribution in [0.25, 0.3) is 0 Å². The maximum Gasteiger partial charge on any atom is 0.235 e. The highest BCUT2D eigenvalue weighted by Gasteiger charge is 2.43. The summed E-state index contributed by atoms with van der Waals surface area (Å²) in [6, 6.07) is 17.0. The van der Waals surface area contributed by atoms with Gasteiger partial charge >= 0.3 is 0 Å². The Morgan fingerprint density at radius 2 is 1.97 bits per heavy atom. The van der Waals surface area contributed by atoms with Crippen LogP contribution < -0.4 is 20.1 Å². The first-order valence-corrected chi connectivity index (χ1v) is 13.6. The van der Waals surface area contributed by atoms with E-state index in [1.54, 1.807) is 19.4 Å². The van der Waals surface area contributed by atoms with Gasteiger partial charge in [0.05, 0.1) is 17.5 Å². The average molecular weight is 589 g/mol. The molecule has 0 radical (unpaired) electrons. The predicted molar refractivity (Wildman–Crippen MR) is 153 cm³/mol. The minimum absolute atomic E-state index is 0.0503. The number of aromatic nitrogens is 1. The number of allylic oxidation sites excluding steroid dienone is 2. The van der Waals surface area contributed by atoms with Crippen LogP contribution in [0.1, 0.15) is 41.9 Å². The van der Waals surface area contributed by atoms with E-state index in [1.807, 2.05) is 55.5 Å². The first kappa shape index (κ1) is 26.7. The van der Waals surface area contributed by atoms with Crippen molar-refractivity contribution in [2.75, 3.05) is 12.4 Å². The van der Waals surface area contributed by atoms with Gasteiger partial charge in [-0.15, -0.1) is 0 Å². The highest BCUT2D eigenvalue weighted by molar-refractivity contribution is 9.10. The molecule has 2 atom stereocenters. The van der Waals surface area contributed by atoms with Crippen LogP contribution in [0.4, 0.5) is 5.82 Å².